The molecule has 2 N–H and O–H groups in total. The summed E-state index contributed by atoms with van der Waals surface area (Å²) in [6.07, 6.45) is 0.516. The van der Waals surface area contributed by atoms with E-state index in [1.807, 2.05) is 12.1 Å². The maximum atomic E-state index is 11.8. The maximum Gasteiger partial charge on any atom is 0.325 e. The number of aromatic nitrogens is 2. The van der Waals surface area contributed by atoms with E-state index in [0.717, 1.165) is 5.56 Å². The fourth-order valence-electron chi connectivity index (χ4n) is 2.17. The van der Waals surface area contributed by atoms with Gasteiger partial charge in [-0.3, -0.25) is 9.78 Å². The molecule has 4 nitrogen and oxygen atoms in total. The highest BCUT2D eigenvalue weighted by atomic mass is 16.2. The first kappa shape index (κ1) is 14.3. The normalized spacial score (nSPS) is 11.6. The van der Waals surface area contributed by atoms with E-state index in [-0.39, 0.29) is 11.0 Å². The predicted octanol–water partition coefficient (Wildman–Crippen LogP) is 2.26. The van der Waals surface area contributed by atoms with E-state index in [4.69, 9.17) is 0 Å². The maximum absolute atomic E-state index is 11.8. The van der Waals surface area contributed by atoms with E-state index < -0.39 is 5.69 Å². The molecule has 0 spiro atoms. The molecule has 0 saturated carbocycles. The summed E-state index contributed by atoms with van der Waals surface area (Å²) in [5.41, 5.74) is 2.88. The van der Waals surface area contributed by atoms with Crippen molar-refractivity contribution in [3.05, 3.63) is 67.5 Å². The van der Waals surface area contributed by atoms with E-state index in [0.29, 0.717) is 17.7 Å². The Balaban J connectivity index is 2.32. The molecule has 1 aromatic heterocycles. The molecular weight excluding hydrogens is 252 g/mol. The van der Waals surface area contributed by atoms with Crippen molar-refractivity contribution in [2.45, 2.75) is 39.5 Å². The van der Waals surface area contributed by atoms with Crippen LogP contribution in [-0.2, 0) is 11.8 Å². The van der Waals surface area contributed by atoms with Crippen molar-refractivity contribution in [3.8, 4) is 0 Å². The summed E-state index contributed by atoms with van der Waals surface area (Å²) in [6.45, 7) is 8.24. The molecule has 2 rings (SSSR count). The second-order valence-electron chi connectivity index (χ2n) is 6.14. The van der Waals surface area contributed by atoms with Crippen molar-refractivity contribution in [2.24, 2.45) is 0 Å². The lowest BCUT2D eigenvalue weighted by Gasteiger charge is -2.19. The predicted molar refractivity (Wildman–Crippen MR) is 80.4 cm³/mol. The van der Waals surface area contributed by atoms with Crippen LogP contribution in [0, 0.1) is 6.92 Å². The standard InChI is InChI=1S/C16H20N2O2/c1-10-13(14(19)18-15(20)17-10)9-11-5-7-12(8-6-11)16(2,3)4/h5-8H,9H2,1-4H3,(H2,17,18,19,20). The van der Waals surface area contributed by atoms with Crippen LogP contribution in [0.4, 0.5) is 0 Å². The largest absolute Gasteiger partial charge is 0.325 e. The Morgan fingerprint density at radius 2 is 1.60 bits per heavy atom. The fourth-order valence-corrected chi connectivity index (χ4v) is 2.17. The van der Waals surface area contributed by atoms with E-state index in [2.05, 4.69) is 42.9 Å². The van der Waals surface area contributed by atoms with Crippen LogP contribution in [-0.4, -0.2) is 9.97 Å². The van der Waals surface area contributed by atoms with Crippen LogP contribution in [0.5, 0.6) is 0 Å². The van der Waals surface area contributed by atoms with Gasteiger partial charge in [-0.2, -0.15) is 0 Å². The number of H-pyrrole nitrogens is 2. The SMILES string of the molecule is Cc1[nH]c(=O)[nH]c(=O)c1Cc1ccc(C(C)(C)C)cc1. The second kappa shape index (κ2) is 5.12. The van der Waals surface area contributed by atoms with Gasteiger partial charge in [0.1, 0.15) is 0 Å². The van der Waals surface area contributed by atoms with Crippen LogP contribution < -0.4 is 11.2 Å². The molecular formula is C16H20N2O2. The second-order valence-corrected chi connectivity index (χ2v) is 6.14. The van der Waals surface area contributed by atoms with Crippen LogP contribution in [0.3, 0.4) is 0 Å². The number of nitrogens with one attached hydrogen (secondary N) is 2. The van der Waals surface area contributed by atoms with Crippen LogP contribution in [0.25, 0.3) is 0 Å². The topological polar surface area (TPSA) is 65.7 Å². The zero-order chi connectivity index (χ0) is 14.9. The lowest BCUT2D eigenvalue weighted by Crippen LogP contribution is -2.27. The quantitative estimate of drug-likeness (QED) is 0.880. The molecule has 2 aromatic rings. The summed E-state index contributed by atoms with van der Waals surface area (Å²) in [5, 5.41) is 0. The molecule has 0 aliphatic heterocycles. The molecule has 0 amide bonds. The smallest absolute Gasteiger partial charge is 0.311 e. The highest BCUT2D eigenvalue weighted by Crippen LogP contribution is 2.22. The van der Waals surface area contributed by atoms with E-state index in [1.165, 1.54) is 5.56 Å². The number of hydrogen-bond donors (Lipinski definition) is 2. The van der Waals surface area contributed by atoms with Gasteiger partial charge in [-0.25, -0.2) is 4.79 Å². The van der Waals surface area contributed by atoms with Gasteiger partial charge in [0.2, 0.25) is 0 Å². The Labute approximate surface area is 117 Å². The van der Waals surface area contributed by atoms with Crippen molar-refractivity contribution < 1.29 is 0 Å². The average molecular weight is 272 g/mol. The minimum absolute atomic E-state index is 0.115. The zero-order valence-electron chi connectivity index (χ0n) is 12.3. The molecule has 1 aromatic carbocycles. The molecule has 1 heterocycles. The van der Waals surface area contributed by atoms with Gasteiger partial charge in [0, 0.05) is 17.7 Å². The van der Waals surface area contributed by atoms with E-state index >= 15 is 0 Å². The van der Waals surface area contributed by atoms with Crippen molar-refractivity contribution in [2.75, 3.05) is 0 Å². The number of benzene rings is 1. The number of rotatable bonds is 2. The van der Waals surface area contributed by atoms with Crippen LogP contribution in [0.1, 0.15) is 43.2 Å². The average Bonchev–Trinajstić information content (AvgIpc) is 2.33. The summed E-state index contributed by atoms with van der Waals surface area (Å²) in [6, 6.07) is 8.24. The first-order valence-electron chi connectivity index (χ1n) is 6.69. The molecule has 0 aliphatic carbocycles. The van der Waals surface area contributed by atoms with Gasteiger partial charge in [-0.05, 0) is 23.5 Å². The lowest BCUT2D eigenvalue weighted by molar-refractivity contribution is 0.590. The van der Waals surface area contributed by atoms with Gasteiger partial charge < -0.3 is 4.98 Å². The molecule has 20 heavy (non-hydrogen) atoms. The minimum atomic E-state index is -0.459. The van der Waals surface area contributed by atoms with Crippen molar-refractivity contribution in [3.63, 3.8) is 0 Å². The van der Waals surface area contributed by atoms with Gasteiger partial charge in [0.05, 0.1) is 0 Å². The Hall–Kier alpha value is -2.10. The first-order chi connectivity index (χ1) is 9.27. The molecule has 0 atom stereocenters. The molecule has 0 aliphatic rings. The molecule has 0 unspecified atom stereocenters. The van der Waals surface area contributed by atoms with Crippen LogP contribution >= 0.6 is 0 Å². The lowest BCUT2D eigenvalue weighted by atomic mass is 9.86. The zero-order valence-corrected chi connectivity index (χ0v) is 12.3. The molecule has 4 heteroatoms. The van der Waals surface area contributed by atoms with E-state index in [1.54, 1.807) is 6.92 Å². The van der Waals surface area contributed by atoms with E-state index in [9.17, 15) is 9.59 Å². The van der Waals surface area contributed by atoms with Crippen molar-refractivity contribution >= 4 is 0 Å². The van der Waals surface area contributed by atoms with Crippen molar-refractivity contribution in [1.82, 2.24) is 9.97 Å². The molecule has 0 radical (unpaired) electrons. The van der Waals surface area contributed by atoms with Gasteiger partial charge in [0.25, 0.3) is 5.56 Å². The Morgan fingerprint density at radius 1 is 1.00 bits per heavy atom. The Kier molecular flexibility index (Phi) is 3.66. The monoisotopic (exact) mass is 272 g/mol. The van der Waals surface area contributed by atoms with Crippen molar-refractivity contribution in [1.29, 1.82) is 0 Å². The van der Waals surface area contributed by atoms with Gasteiger partial charge in [-0.1, -0.05) is 45.0 Å². The first-order valence-corrected chi connectivity index (χ1v) is 6.69. The molecule has 0 bridgehead atoms. The summed E-state index contributed by atoms with van der Waals surface area (Å²) in [7, 11) is 0. The molecule has 0 saturated heterocycles. The highest BCUT2D eigenvalue weighted by Gasteiger charge is 2.13. The number of aromatic amines is 2. The third kappa shape index (κ3) is 3.07. The third-order valence-corrected chi connectivity index (χ3v) is 3.46. The minimum Gasteiger partial charge on any atom is -0.311 e. The third-order valence-electron chi connectivity index (χ3n) is 3.46. The summed E-state index contributed by atoms with van der Waals surface area (Å²) in [5.74, 6) is 0. The molecule has 0 fully saturated rings. The van der Waals surface area contributed by atoms with Gasteiger partial charge >= 0.3 is 5.69 Å². The summed E-state index contributed by atoms with van der Waals surface area (Å²) in [4.78, 5) is 27.9. The van der Waals surface area contributed by atoms with Gasteiger partial charge in [0.15, 0.2) is 0 Å². The summed E-state index contributed by atoms with van der Waals surface area (Å²) >= 11 is 0. The number of aryl methyl sites for hydroxylation is 1. The Morgan fingerprint density at radius 3 is 2.10 bits per heavy atom. The van der Waals surface area contributed by atoms with Gasteiger partial charge in [-0.15, -0.1) is 0 Å². The Bertz CT molecular complexity index is 716. The summed E-state index contributed by atoms with van der Waals surface area (Å²) < 4.78 is 0. The van der Waals surface area contributed by atoms with Crippen LogP contribution in [0.15, 0.2) is 33.9 Å². The number of hydrogen-bond acceptors (Lipinski definition) is 2. The van der Waals surface area contributed by atoms with Crippen LogP contribution in [0.2, 0.25) is 0 Å². The fraction of sp³-hybridized carbons (Fsp3) is 0.375. The highest BCUT2D eigenvalue weighted by molar-refractivity contribution is 5.31. The molecule has 106 valence electrons.